The number of rotatable bonds is 1. The van der Waals surface area contributed by atoms with E-state index < -0.39 is 4.65 Å². The van der Waals surface area contributed by atoms with Gasteiger partial charge in [-0.1, -0.05) is 17.7 Å². The SMILES string of the molecule is Cc1ccc([N+]2([O-])CCN(C)CC2)c2c(=O)c3ccc(Cl)cc3sc12. The highest BCUT2D eigenvalue weighted by Crippen LogP contribution is 2.37. The Morgan fingerprint density at radius 2 is 1.92 bits per heavy atom. The van der Waals surface area contributed by atoms with E-state index >= 15 is 0 Å². The second kappa shape index (κ2) is 6.04. The molecule has 4 rings (SSSR count). The Balaban J connectivity index is 2.05. The maximum atomic E-state index is 13.5. The molecule has 2 heterocycles. The molecular formula is C19H19ClN2O2S. The Morgan fingerprint density at radius 3 is 2.64 bits per heavy atom. The summed E-state index contributed by atoms with van der Waals surface area (Å²) in [6, 6.07) is 9.13. The van der Waals surface area contributed by atoms with Crippen LogP contribution in [0.2, 0.25) is 5.02 Å². The molecule has 1 aliphatic rings. The van der Waals surface area contributed by atoms with Crippen molar-refractivity contribution in [1.82, 2.24) is 9.55 Å². The fraction of sp³-hybridized carbons (Fsp3) is 0.316. The molecule has 0 N–H and O–H groups in total. The highest BCUT2D eigenvalue weighted by atomic mass is 35.5. The molecule has 3 aromatic rings. The number of benzene rings is 2. The predicted molar refractivity (Wildman–Crippen MR) is 108 cm³/mol. The maximum Gasteiger partial charge on any atom is 0.201 e. The highest BCUT2D eigenvalue weighted by molar-refractivity contribution is 7.24. The Morgan fingerprint density at radius 1 is 1.20 bits per heavy atom. The number of likely N-dealkylation sites (N-methyl/N-ethyl adjacent to an activating group) is 1. The quantitative estimate of drug-likeness (QED) is 0.365. The van der Waals surface area contributed by atoms with Crippen molar-refractivity contribution >= 4 is 48.8 Å². The Hall–Kier alpha value is -1.50. The molecule has 0 saturated carbocycles. The first-order valence-corrected chi connectivity index (χ1v) is 9.51. The summed E-state index contributed by atoms with van der Waals surface area (Å²) in [4.78, 5) is 15.4. The molecule has 0 bridgehead atoms. The van der Waals surface area contributed by atoms with Gasteiger partial charge in [-0.15, -0.1) is 11.3 Å². The third kappa shape index (κ3) is 2.76. The first-order valence-electron chi connectivity index (χ1n) is 8.32. The molecule has 0 atom stereocenters. The van der Waals surface area contributed by atoms with Crippen molar-refractivity contribution in [3.05, 3.63) is 56.3 Å². The van der Waals surface area contributed by atoms with Gasteiger partial charge in [0.2, 0.25) is 5.43 Å². The van der Waals surface area contributed by atoms with Crippen molar-refractivity contribution in [2.24, 2.45) is 0 Å². The van der Waals surface area contributed by atoms with Gasteiger partial charge >= 0.3 is 0 Å². The molecule has 0 radical (unpaired) electrons. The van der Waals surface area contributed by atoms with Crippen molar-refractivity contribution in [1.29, 1.82) is 0 Å². The first kappa shape index (κ1) is 16.9. The van der Waals surface area contributed by atoms with Gasteiger partial charge in [0.05, 0.1) is 13.1 Å². The number of aryl methyl sites for hydroxylation is 1. The van der Waals surface area contributed by atoms with Crippen LogP contribution in [0, 0.1) is 12.1 Å². The van der Waals surface area contributed by atoms with E-state index in [4.69, 9.17) is 11.6 Å². The zero-order chi connectivity index (χ0) is 17.8. The topological polar surface area (TPSA) is 43.4 Å². The average Bonchev–Trinajstić information content (AvgIpc) is 2.58. The summed E-state index contributed by atoms with van der Waals surface area (Å²) in [5, 5.41) is 15.3. The van der Waals surface area contributed by atoms with Gasteiger partial charge in [-0.25, -0.2) is 0 Å². The van der Waals surface area contributed by atoms with Crippen molar-refractivity contribution in [2.75, 3.05) is 33.2 Å². The van der Waals surface area contributed by atoms with Crippen molar-refractivity contribution < 1.29 is 0 Å². The number of quaternary nitrogens is 1. The minimum atomic E-state index is -0.428. The van der Waals surface area contributed by atoms with Crippen LogP contribution in [0.3, 0.4) is 0 Å². The molecule has 0 amide bonds. The largest absolute Gasteiger partial charge is 0.627 e. The molecule has 0 spiro atoms. The van der Waals surface area contributed by atoms with Crippen LogP contribution < -0.4 is 10.1 Å². The zero-order valence-electron chi connectivity index (χ0n) is 14.2. The van der Waals surface area contributed by atoms with Crippen molar-refractivity contribution in [3.8, 4) is 0 Å². The summed E-state index contributed by atoms with van der Waals surface area (Å²) in [5.74, 6) is 0. The molecule has 25 heavy (non-hydrogen) atoms. The molecular weight excluding hydrogens is 356 g/mol. The van der Waals surface area contributed by atoms with E-state index in [0.29, 0.717) is 34.6 Å². The van der Waals surface area contributed by atoms with Crippen molar-refractivity contribution in [2.45, 2.75) is 6.92 Å². The van der Waals surface area contributed by atoms with Crippen LogP contribution >= 0.6 is 22.9 Å². The molecule has 4 nitrogen and oxygen atoms in total. The number of piperazine rings is 1. The van der Waals surface area contributed by atoms with Gasteiger partial charge < -0.3 is 9.85 Å². The van der Waals surface area contributed by atoms with Crippen LogP contribution in [0.4, 0.5) is 5.69 Å². The Kier molecular flexibility index (Phi) is 4.09. The number of hydrogen-bond acceptors (Lipinski definition) is 4. The molecule has 0 aliphatic carbocycles. The standard InChI is InChI=1S/C19H19ClN2O2S/c1-12-3-6-15(22(24)9-7-21(2)8-10-22)17-18(23)14-5-4-13(20)11-16(14)25-19(12)17/h3-6,11H,7-10H2,1-2H3. The van der Waals surface area contributed by atoms with Gasteiger partial charge in [0.1, 0.15) is 11.1 Å². The smallest absolute Gasteiger partial charge is 0.201 e. The lowest BCUT2D eigenvalue weighted by molar-refractivity contribution is 0.200. The molecule has 2 aromatic carbocycles. The molecule has 1 saturated heterocycles. The molecule has 1 fully saturated rings. The van der Waals surface area contributed by atoms with Crippen LogP contribution in [0.5, 0.6) is 0 Å². The summed E-state index contributed by atoms with van der Waals surface area (Å²) in [7, 11) is 2.02. The highest BCUT2D eigenvalue weighted by Gasteiger charge is 2.29. The Labute approximate surface area is 155 Å². The fourth-order valence-corrected chi connectivity index (χ4v) is 4.95. The van der Waals surface area contributed by atoms with Gasteiger partial charge in [-0.2, -0.15) is 0 Å². The summed E-state index contributed by atoms with van der Waals surface area (Å²) in [6.07, 6.45) is 0. The van der Waals surface area contributed by atoms with E-state index in [1.54, 1.807) is 12.1 Å². The molecule has 1 aromatic heterocycles. The number of hydrogen-bond donors (Lipinski definition) is 0. The molecule has 130 valence electrons. The van der Waals surface area contributed by atoms with E-state index in [2.05, 4.69) is 4.90 Å². The minimum absolute atomic E-state index is 0.0635. The third-order valence-corrected chi connectivity index (χ3v) is 6.61. The van der Waals surface area contributed by atoms with Gasteiger partial charge in [0.25, 0.3) is 0 Å². The second-order valence-electron chi connectivity index (χ2n) is 6.82. The number of nitrogens with zero attached hydrogens (tertiary/aromatic N) is 2. The van der Waals surface area contributed by atoms with E-state index in [9.17, 15) is 10.0 Å². The fourth-order valence-electron chi connectivity index (χ4n) is 3.51. The lowest BCUT2D eigenvalue weighted by Crippen LogP contribution is -2.56. The summed E-state index contributed by atoms with van der Waals surface area (Å²) in [6.45, 7) is 4.39. The first-order chi connectivity index (χ1) is 11.9. The van der Waals surface area contributed by atoms with Crippen LogP contribution in [0.1, 0.15) is 5.56 Å². The average molecular weight is 375 g/mol. The van der Waals surface area contributed by atoms with Gasteiger partial charge in [0, 0.05) is 39.0 Å². The maximum absolute atomic E-state index is 13.5. The zero-order valence-corrected chi connectivity index (χ0v) is 15.8. The number of fused-ring (bicyclic) bond motifs is 2. The van der Waals surface area contributed by atoms with Gasteiger partial charge in [-0.05, 0) is 37.7 Å². The molecule has 6 heteroatoms. The third-order valence-electron chi connectivity index (χ3n) is 5.08. The van der Waals surface area contributed by atoms with Crippen molar-refractivity contribution in [3.63, 3.8) is 0 Å². The van der Waals surface area contributed by atoms with Crippen LogP contribution in [0.15, 0.2) is 35.1 Å². The van der Waals surface area contributed by atoms with E-state index in [0.717, 1.165) is 28.1 Å². The summed E-state index contributed by atoms with van der Waals surface area (Å²) in [5.41, 5.74) is 1.56. The van der Waals surface area contributed by atoms with Crippen LogP contribution in [-0.2, 0) is 0 Å². The Bertz CT molecular complexity index is 1040. The number of hydroxylamine groups is 2. The van der Waals surface area contributed by atoms with E-state index in [1.807, 2.05) is 32.2 Å². The van der Waals surface area contributed by atoms with E-state index in [-0.39, 0.29) is 5.43 Å². The summed E-state index contributed by atoms with van der Waals surface area (Å²) >= 11 is 7.64. The number of halogens is 1. The monoisotopic (exact) mass is 374 g/mol. The van der Waals surface area contributed by atoms with Gasteiger partial charge in [0.15, 0.2) is 0 Å². The summed E-state index contributed by atoms with van der Waals surface area (Å²) < 4.78 is 1.33. The van der Waals surface area contributed by atoms with Gasteiger partial charge in [-0.3, -0.25) is 9.69 Å². The van der Waals surface area contributed by atoms with Crippen LogP contribution in [-0.4, -0.2) is 38.1 Å². The molecule has 1 aliphatic heterocycles. The minimum Gasteiger partial charge on any atom is -0.627 e. The second-order valence-corrected chi connectivity index (χ2v) is 8.31. The normalized spacial score (nSPS) is 18.1. The molecule has 0 unspecified atom stereocenters. The predicted octanol–water partition coefficient (Wildman–Crippen LogP) is 4.13. The lowest BCUT2D eigenvalue weighted by Gasteiger charge is -2.47. The van der Waals surface area contributed by atoms with Crippen LogP contribution in [0.25, 0.3) is 20.2 Å². The van der Waals surface area contributed by atoms with E-state index in [1.165, 1.54) is 11.3 Å². The lowest BCUT2D eigenvalue weighted by atomic mass is 10.1.